The molecule has 1 atom stereocenters. The van der Waals surface area contributed by atoms with E-state index in [-0.39, 0.29) is 11.8 Å². The van der Waals surface area contributed by atoms with Gasteiger partial charge in [0.25, 0.3) is 0 Å². The summed E-state index contributed by atoms with van der Waals surface area (Å²) in [6, 6.07) is 14.3. The highest BCUT2D eigenvalue weighted by molar-refractivity contribution is 7.88. The minimum absolute atomic E-state index is 0.243. The summed E-state index contributed by atoms with van der Waals surface area (Å²) in [7, 11) is -3.59. The second-order valence-corrected chi connectivity index (χ2v) is 8.74. The van der Waals surface area contributed by atoms with Crippen molar-refractivity contribution in [3.05, 3.63) is 69.7 Å². The molecule has 130 valence electrons. The summed E-state index contributed by atoms with van der Waals surface area (Å²) in [6.07, 6.45) is 0.708. The summed E-state index contributed by atoms with van der Waals surface area (Å²) in [5.41, 5.74) is 1.37. The summed E-state index contributed by atoms with van der Waals surface area (Å²) in [6.45, 7) is 4.13. The predicted molar refractivity (Wildman–Crippen MR) is 101 cm³/mol. The van der Waals surface area contributed by atoms with Crippen molar-refractivity contribution >= 4 is 33.2 Å². The fourth-order valence-electron chi connectivity index (χ4n) is 2.53. The molecule has 2 aromatic rings. The third-order valence-electron chi connectivity index (χ3n) is 3.63. The van der Waals surface area contributed by atoms with Gasteiger partial charge in [-0.15, -0.1) is 0 Å². The summed E-state index contributed by atoms with van der Waals surface area (Å²) in [5, 5.41) is 0.709. The third kappa shape index (κ3) is 5.49. The molecule has 2 aromatic carbocycles. The zero-order valence-electron chi connectivity index (χ0n) is 13.7. The molecule has 1 N–H and O–H groups in total. The number of nitrogens with one attached hydrogen (secondary N) is 1. The Hall–Kier alpha value is -1.07. The molecule has 0 saturated carbocycles. The van der Waals surface area contributed by atoms with E-state index in [1.165, 1.54) is 0 Å². The standard InChI is InChI=1S/C18H21Cl2NO2S/c1-13(2)11-18(14-7-4-3-5-8-14)21-24(22,23)12-15-16(19)9-6-10-17(15)20/h3-10,13,18,21H,11-12H2,1-2H3. The van der Waals surface area contributed by atoms with E-state index < -0.39 is 10.0 Å². The monoisotopic (exact) mass is 385 g/mol. The lowest BCUT2D eigenvalue weighted by Crippen LogP contribution is -2.30. The highest BCUT2D eigenvalue weighted by Gasteiger charge is 2.22. The van der Waals surface area contributed by atoms with Gasteiger partial charge >= 0.3 is 0 Å². The molecule has 0 saturated heterocycles. The van der Waals surface area contributed by atoms with E-state index in [0.717, 1.165) is 5.56 Å². The first-order chi connectivity index (χ1) is 11.3. The van der Waals surface area contributed by atoms with E-state index >= 15 is 0 Å². The lowest BCUT2D eigenvalue weighted by Gasteiger charge is -2.21. The number of halogens is 2. The van der Waals surface area contributed by atoms with Gasteiger partial charge in [0.2, 0.25) is 10.0 Å². The van der Waals surface area contributed by atoms with E-state index in [2.05, 4.69) is 18.6 Å². The van der Waals surface area contributed by atoms with E-state index in [1.807, 2.05) is 30.3 Å². The van der Waals surface area contributed by atoms with Crippen molar-refractivity contribution in [2.45, 2.75) is 32.1 Å². The van der Waals surface area contributed by atoms with Crippen molar-refractivity contribution in [3.8, 4) is 0 Å². The molecule has 2 rings (SSSR count). The Morgan fingerprint density at radius 2 is 1.54 bits per heavy atom. The van der Waals surface area contributed by atoms with Gasteiger partial charge in [-0.3, -0.25) is 0 Å². The first-order valence-corrected chi connectivity index (χ1v) is 10.2. The van der Waals surface area contributed by atoms with E-state index in [1.54, 1.807) is 18.2 Å². The maximum absolute atomic E-state index is 12.6. The van der Waals surface area contributed by atoms with Crippen LogP contribution in [0.2, 0.25) is 10.0 Å². The number of hydrogen-bond donors (Lipinski definition) is 1. The normalized spacial score (nSPS) is 13.2. The maximum atomic E-state index is 12.6. The Morgan fingerprint density at radius 3 is 2.08 bits per heavy atom. The topological polar surface area (TPSA) is 46.2 Å². The first kappa shape index (κ1) is 19.3. The average molecular weight is 386 g/mol. The molecule has 24 heavy (non-hydrogen) atoms. The Labute approximate surface area is 154 Å². The van der Waals surface area contributed by atoms with Crippen LogP contribution in [0.3, 0.4) is 0 Å². The van der Waals surface area contributed by atoms with Crippen LogP contribution < -0.4 is 4.72 Å². The lowest BCUT2D eigenvalue weighted by atomic mass is 9.98. The highest BCUT2D eigenvalue weighted by Crippen LogP contribution is 2.28. The number of hydrogen-bond acceptors (Lipinski definition) is 2. The first-order valence-electron chi connectivity index (χ1n) is 7.76. The number of rotatable bonds is 7. The Bertz CT molecular complexity index is 757. The van der Waals surface area contributed by atoms with Gasteiger partial charge in [-0.1, -0.05) is 73.4 Å². The third-order valence-corrected chi connectivity index (χ3v) is 5.65. The molecule has 0 bridgehead atoms. The molecule has 0 amide bonds. The molecule has 0 radical (unpaired) electrons. The molecular formula is C18H21Cl2NO2S. The van der Waals surface area contributed by atoms with Crippen molar-refractivity contribution in [1.29, 1.82) is 0 Å². The van der Waals surface area contributed by atoms with E-state index in [9.17, 15) is 8.42 Å². The van der Waals surface area contributed by atoms with Gasteiger partial charge in [0.1, 0.15) is 0 Å². The van der Waals surface area contributed by atoms with Crippen LogP contribution in [0.4, 0.5) is 0 Å². The summed E-state index contributed by atoms with van der Waals surface area (Å²) in [5.74, 6) is 0.106. The van der Waals surface area contributed by atoms with Crippen LogP contribution in [0.1, 0.15) is 37.4 Å². The van der Waals surface area contributed by atoms with Crippen molar-refractivity contribution in [2.24, 2.45) is 5.92 Å². The molecule has 6 heteroatoms. The van der Waals surface area contributed by atoms with Crippen LogP contribution in [0.15, 0.2) is 48.5 Å². The van der Waals surface area contributed by atoms with Gasteiger partial charge in [-0.25, -0.2) is 13.1 Å². The van der Waals surface area contributed by atoms with Gasteiger partial charge in [0.15, 0.2) is 0 Å². The van der Waals surface area contributed by atoms with Crippen LogP contribution in [0, 0.1) is 5.92 Å². The SMILES string of the molecule is CC(C)CC(NS(=O)(=O)Cc1c(Cl)cccc1Cl)c1ccccc1. The van der Waals surface area contributed by atoms with Gasteiger partial charge in [0, 0.05) is 21.7 Å². The number of sulfonamides is 1. The minimum atomic E-state index is -3.59. The predicted octanol–water partition coefficient (Wildman–Crippen LogP) is 5.20. The fraction of sp³-hybridized carbons (Fsp3) is 0.333. The van der Waals surface area contributed by atoms with Crippen molar-refractivity contribution in [2.75, 3.05) is 0 Å². The Morgan fingerprint density at radius 1 is 0.958 bits per heavy atom. The molecule has 0 fully saturated rings. The summed E-state index contributed by atoms with van der Waals surface area (Å²) in [4.78, 5) is 0. The van der Waals surface area contributed by atoms with E-state index in [4.69, 9.17) is 23.2 Å². The zero-order valence-corrected chi connectivity index (χ0v) is 16.0. The van der Waals surface area contributed by atoms with Crippen molar-refractivity contribution in [3.63, 3.8) is 0 Å². The molecule has 0 aliphatic heterocycles. The molecular weight excluding hydrogens is 365 g/mol. The van der Waals surface area contributed by atoms with Crippen molar-refractivity contribution in [1.82, 2.24) is 4.72 Å². The van der Waals surface area contributed by atoms with E-state index in [0.29, 0.717) is 27.9 Å². The highest BCUT2D eigenvalue weighted by atomic mass is 35.5. The van der Waals surface area contributed by atoms with Gasteiger partial charge in [0.05, 0.1) is 5.75 Å². The zero-order chi connectivity index (χ0) is 17.7. The van der Waals surface area contributed by atoms with Gasteiger partial charge < -0.3 is 0 Å². The maximum Gasteiger partial charge on any atom is 0.216 e. The number of benzene rings is 2. The summed E-state index contributed by atoms with van der Waals surface area (Å²) >= 11 is 12.2. The average Bonchev–Trinajstić information content (AvgIpc) is 2.51. The van der Waals surface area contributed by atoms with Crippen molar-refractivity contribution < 1.29 is 8.42 Å². The van der Waals surface area contributed by atoms with Crippen LogP contribution in [-0.2, 0) is 15.8 Å². The molecule has 0 spiro atoms. The lowest BCUT2D eigenvalue weighted by molar-refractivity contribution is 0.472. The smallest absolute Gasteiger partial charge is 0.212 e. The molecule has 0 aromatic heterocycles. The Balaban J connectivity index is 2.24. The molecule has 3 nitrogen and oxygen atoms in total. The summed E-state index contributed by atoms with van der Waals surface area (Å²) < 4.78 is 28.1. The van der Waals surface area contributed by atoms with Gasteiger partial charge in [-0.05, 0) is 30.0 Å². The molecule has 1 unspecified atom stereocenters. The molecule has 0 heterocycles. The molecule has 0 aliphatic rings. The second kappa shape index (κ2) is 8.34. The Kier molecular flexibility index (Phi) is 6.70. The quantitative estimate of drug-likeness (QED) is 0.711. The van der Waals surface area contributed by atoms with Crippen LogP contribution >= 0.6 is 23.2 Å². The van der Waals surface area contributed by atoms with Gasteiger partial charge in [-0.2, -0.15) is 0 Å². The minimum Gasteiger partial charge on any atom is -0.212 e. The molecule has 0 aliphatic carbocycles. The van der Waals surface area contributed by atoms with Crippen LogP contribution in [0.5, 0.6) is 0 Å². The van der Waals surface area contributed by atoms with Crippen LogP contribution in [0.25, 0.3) is 0 Å². The largest absolute Gasteiger partial charge is 0.216 e. The second-order valence-electron chi connectivity index (χ2n) is 6.17. The van der Waals surface area contributed by atoms with Crippen LogP contribution in [-0.4, -0.2) is 8.42 Å². The fourth-order valence-corrected chi connectivity index (χ4v) is 4.66.